The lowest BCUT2D eigenvalue weighted by Gasteiger charge is -2.07. The highest BCUT2D eigenvalue weighted by molar-refractivity contribution is 5.62. The zero-order valence-corrected chi connectivity index (χ0v) is 12.3. The zero-order valence-electron chi connectivity index (χ0n) is 12.3. The van der Waals surface area contributed by atoms with E-state index in [4.69, 9.17) is 0 Å². The maximum Gasteiger partial charge on any atom is 0.247 e. The summed E-state index contributed by atoms with van der Waals surface area (Å²) in [5.41, 5.74) is 2.75. The molecule has 0 saturated carbocycles. The Morgan fingerprint density at radius 1 is 0.696 bits per heavy atom. The van der Waals surface area contributed by atoms with E-state index in [1.165, 1.54) is 0 Å². The van der Waals surface area contributed by atoms with E-state index in [9.17, 15) is 0 Å². The minimum absolute atomic E-state index is 0. The molecule has 4 rings (SSSR count). The first kappa shape index (κ1) is 13.3. The van der Waals surface area contributed by atoms with Crippen LogP contribution in [0.2, 0.25) is 0 Å². The molecule has 5 nitrogen and oxygen atoms in total. The average Bonchev–Trinajstić information content (AvgIpc) is 3.00. The van der Waals surface area contributed by atoms with Crippen molar-refractivity contribution in [3.8, 4) is 0 Å². The van der Waals surface area contributed by atoms with Gasteiger partial charge in [-0.25, -0.2) is 0 Å². The number of nitrogens with one attached hydrogen (secondary N) is 2. The van der Waals surface area contributed by atoms with Crippen molar-refractivity contribution in [2.24, 2.45) is 0 Å². The first-order valence-electron chi connectivity index (χ1n) is 7.38. The molecule has 0 aliphatic carbocycles. The van der Waals surface area contributed by atoms with Crippen molar-refractivity contribution >= 4 is 28.8 Å². The van der Waals surface area contributed by atoms with Gasteiger partial charge in [-0.1, -0.05) is 42.5 Å². The van der Waals surface area contributed by atoms with Crippen molar-refractivity contribution < 1.29 is 1.43 Å². The van der Waals surface area contributed by atoms with Crippen LogP contribution < -0.4 is 10.6 Å². The number of hydrogen-bond acceptors (Lipinski definition) is 4. The van der Waals surface area contributed by atoms with Crippen molar-refractivity contribution in [3.63, 3.8) is 0 Å². The molecule has 0 aliphatic heterocycles. The van der Waals surface area contributed by atoms with Gasteiger partial charge >= 0.3 is 0 Å². The van der Waals surface area contributed by atoms with Gasteiger partial charge in [0.25, 0.3) is 0 Å². The standard InChI is InChI=1S/C18H15N5.H2/c1-3-8-14(9-4-1)19-16-12-7-13-17-21-18(22-23(16)17)20-15-10-5-2-6-11-15;/h1-13,19H,(H,20,22);1H. The fourth-order valence-electron chi connectivity index (χ4n) is 2.37. The fourth-order valence-corrected chi connectivity index (χ4v) is 2.37. The summed E-state index contributed by atoms with van der Waals surface area (Å²) in [6.45, 7) is 0. The number of hydrogen-bond donors (Lipinski definition) is 2. The molecule has 0 atom stereocenters. The van der Waals surface area contributed by atoms with Gasteiger partial charge in [-0.3, -0.25) is 0 Å². The molecule has 0 bridgehead atoms. The highest BCUT2D eigenvalue weighted by atomic mass is 15.4. The summed E-state index contributed by atoms with van der Waals surface area (Å²) >= 11 is 0. The van der Waals surface area contributed by atoms with Crippen LogP contribution in [0.3, 0.4) is 0 Å². The Kier molecular flexibility index (Phi) is 3.37. The Bertz CT molecular complexity index is 922. The topological polar surface area (TPSA) is 54.2 Å². The molecular formula is C18H17N5. The van der Waals surface area contributed by atoms with E-state index in [2.05, 4.69) is 20.7 Å². The molecule has 114 valence electrons. The zero-order chi connectivity index (χ0) is 15.5. The molecule has 5 heteroatoms. The van der Waals surface area contributed by atoms with Crippen molar-refractivity contribution in [2.45, 2.75) is 0 Å². The van der Waals surface area contributed by atoms with Crippen LogP contribution in [0.4, 0.5) is 23.1 Å². The molecule has 4 aromatic rings. The van der Waals surface area contributed by atoms with Crippen molar-refractivity contribution in [1.82, 2.24) is 14.6 Å². The summed E-state index contributed by atoms with van der Waals surface area (Å²) in [5.74, 6) is 1.43. The third-order valence-corrected chi connectivity index (χ3v) is 3.44. The van der Waals surface area contributed by atoms with Crippen LogP contribution in [0.5, 0.6) is 0 Å². The molecule has 2 aromatic carbocycles. The van der Waals surface area contributed by atoms with E-state index in [0.29, 0.717) is 5.95 Å². The number of rotatable bonds is 4. The highest BCUT2D eigenvalue weighted by Crippen LogP contribution is 2.19. The van der Waals surface area contributed by atoms with Gasteiger partial charge in [0.15, 0.2) is 5.65 Å². The summed E-state index contributed by atoms with van der Waals surface area (Å²) in [7, 11) is 0. The molecule has 2 N–H and O–H groups in total. The third-order valence-electron chi connectivity index (χ3n) is 3.44. The molecule has 23 heavy (non-hydrogen) atoms. The van der Waals surface area contributed by atoms with Gasteiger partial charge in [0.05, 0.1) is 0 Å². The molecule has 0 radical (unpaired) electrons. The minimum atomic E-state index is 0. The van der Waals surface area contributed by atoms with Gasteiger partial charge in [0.1, 0.15) is 5.82 Å². The van der Waals surface area contributed by atoms with Crippen LogP contribution in [0.1, 0.15) is 1.43 Å². The van der Waals surface area contributed by atoms with Crippen LogP contribution in [-0.2, 0) is 0 Å². The van der Waals surface area contributed by atoms with Gasteiger partial charge in [0, 0.05) is 12.8 Å². The summed E-state index contributed by atoms with van der Waals surface area (Å²) in [5, 5.41) is 11.1. The van der Waals surface area contributed by atoms with Crippen molar-refractivity contribution in [1.29, 1.82) is 0 Å². The van der Waals surface area contributed by atoms with Gasteiger partial charge in [-0.15, -0.1) is 5.10 Å². The number of benzene rings is 2. The predicted octanol–water partition coefficient (Wildman–Crippen LogP) is 4.46. The second kappa shape index (κ2) is 5.81. The molecule has 0 unspecified atom stereocenters. The lowest BCUT2D eigenvalue weighted by Crippen LogP contribution is -1.99. The number of para-hydroxylation sites is 2. The summed E-state index contributed by atoms with van der Waals surface area (Å²) in [4.78, 5) is 4.51. The lowest BCUT2D eigenvalue weighted by molar-refractivity contribution is 0.972. The maximum atomic E-state index is 4.54. The maximum absolute atomic E-state index is 4.54. The summed E-state index contributed by atoms with van der Waals surface area (Å²) in [6, 6.07) is 25.7. The van der Waals surface area contributed by atoms with E-state index >= 15 is 0 Å². The second-order valence-corrected chi connectivity index (χ2v) is 5.10. The molecule has 2 heterocycles. The fraction of sp³-hybridized carbons (Fsp3) is 0. The van der Waals surface area contributed by atoms with Crippen LogP contribution in [0, 0.1) is 0 Å². The largest absolute Gasteiger partial charge is 0.340 e. The van der Waals surface area contributed by atoms with Gasteiger partial charge < -0.3 is 10.6 Å². The van der Waals surface area contributed by atoms with E-state index in [1.54, 1.807) is 4.52 Å². The molecule has 0 saturated heterocycles. The third kappa shape index (κ3) is 2.85. The van der Waals surface area contributed by atoms with Gasteiger partial charge in [-0.05, 0) is 36.4 Å². The van der Waals surface area contributed by atoms with E-state index in [-0.39, 0.29) is 1.43 Å². The molecule has 2 aromatic heterocycles. The smallest absolute Gasteiger partial charge is 0.247 e. The number of anilines is 4. The van der Waals surface area contributed by atoms with E-state index in [0.717, 1.165) is 22.8 Å². The first-order chi connectivity index (χ1) is 11.4. The highest BCUT2D eigenvalue weighted by Gasteiger charge is 2.07. The lowest BCUT2D eigenvalue weighted by atomic mass is 10.3. The molecular weight excluding hydrogens is 286 g/mol. The van der Waals surface area contributed by atoms with Crippen LogP contribution in [-0.4, -0.2) is 14.6 Å². The quantitative estimate of drug-likeness (QED) is 0.584. The Hall–Kier alpha value is -3.34. The van der Waals surface area contributed by atoms with Gasteiger partial charge in [0.2, 0.25) is 5.95 Å². The Labute approximate surface area is 135 Å². The normalized spacial score (nSPS) is 10.6. The Balaban J connectivity index is 0.00000169. The average molecular weight is 303 g/mol. The second-order valence-electron chi connectivity index (χ2n) is 5.10. The van der Waals surface area contributed by atoms with Crippen LogP contribution in [0.15, 0.2) is 78.9 Å². The molecule has 0 fully saturated rings. The van der Waals surface area contributed by atoms with Crippen LogP contribution >= 0.6 is 0 Å². The van der Waals surface area contributed by atoms with Crippen molar-refractivity contribution in [3.05, 3.63) is 78.9 Å². The number of nitrogens with zero attached hydrogens (tertiary/aromatic N) is 3. The summed E-state index contributed by atoms with van der Waals surface area (Å²) in [6.07, 6.45) is 0. The summed E-state index contributed by atoms with van der Waals surface area (Å²) < 4.78 is 1.79. The van der Waals surface area contributed by atoms with E-state index in [1.807, 2.05) is 78.9 Å². The monoisotopic (exact) mass is 303 g/mol. The number of aromatic nitrogens is 3. The SMILES string of the molecule is [HH].c1ccc(Nc2nc3cccc(Nc4ccccc4)n3n2)cc1. The van der Waals surface area contributed by atoms with E-state index < -0.39 is 0 Å². The first-order valence-corrected chi connectivity index (χ1v) is 7.38. The number of fused-ring (bicyclic) bond motifs is 1. The van der Waals surface area contributed by atoms with Gasteiger partial charge in [-0.2, -0.15) is 9.50 Å². The Morgan fingerprint density at radius 3 is 2.04 bits per heavy atom. The minimum Gasteiger partial charge on any atom is -0.340 e. The predicted molar refractivity (Wildman–Crippen MR) is 94.6 cm³/mol. The Morgan fingerprint density at radius 2 is 1.35 bits per heavy atom. The molecule has 0 amide bonds. The molecule has 0 aliphatic rings. The van der Waals surface area contributed by atoms with Crippen molar-refractivity contribution in [2.75, 3.05) is 10.6 Å². The molecule has 0 spiro atoms. The van der Waals surface area contributed by atoms with Crippen LogP contribution in [0.25, 0.3) is 5.65 Å². The number of pyridine rings is 1.